The molecule has 0 N–H and O–H groups in total. The zero-order valence-corrected chi connectivity index (χ0v) is 17.2. The molecule has 0 heterocycles. The molecule has 0 aromatic rings. The third-order valence-electron chi connectivity index (χ3n) is 6.59. The molecule has 5 unspecified atom stereocenters. The first-order valence-electron chi connectivity index (χ1n) is 9.90. The predicted octanol–water partition coefficient (Wildman–Crippen LogP) is 5.89. The lowest BCUT2D eigenvalue weighted by atomic mass is 9.61. The van der Waals surface area contributed by atoms with Crippen LogP contribution in [0.1, 0.15) is 73.6 Å². The number of ether oxygens (including phenoxy) is 1. The summed E-state index contributed by atoms with van der Waals surface area (Å²) in [5, 5.41) is 9.27. The zero-order chi connectivity index (χ0) is 20.8. The van der Waals surface area contributed by atoms with Crippen LogP contribution in [0.15, 0.2) is 0 Å². The number of nitrogens with zero attached hydrogens (tertiary/aromatic N) is 1. The second-order valence-corrected chi connectivity index (χ2v) is 10.0. The lowest BCUT2D eigenvalue weighted by Crippen LogP contribution is -2.54. The maximum atomic E-state index is 14.3. The van der Waals surface area contributed by atoms with Gasteiger partial charge in [-0.25, -0.2) is 0 Å². The van der Waals surface area contributed by atoms with E-state index in [0.717, 1.165) is 6.42 Å². The predicted molar refractivity (Wildman–Crippen MR) is 96.4 cm³/mol. The number of halogens is 3. The van der Waals surface area contributed by atoms with Gasteiger partial charge in [0.25, 0.3) is 0 Å². The highest BCUT2D eigenvalue weighted by Crippen LogP contribution is 2.68. The zero-order valence-electron chi connectivity index (χ0n) is 17.2. The van der Waals surface area contributed by atoms with Crippen LogP contribution in [0.2, 0.25) is 0 Å². The Morgan fingerprint density at radius 2 is 1.78 bits per heavy atom. The quantitative estimate of drug-likeness (QED) is 0.553. The molecule has 6 heteroatoms. The number of hydrogen-bond acceptors (Lipinski definition) is 3. The lowest BCUT2D eigenvalue weighted by Gasteiger charge is -2.45. The average molecular weight is 387 g/mol. The Kier molecular flexibility index (Phi) is 5.69. The molecule has 2 aliphatic carbocycles. The normalized spacial score (nSPS) is 33.8. The van der Waals surface area contributed by atoms with Crippen LogP contribution < -0.4 is 0 Å². The van der Waals surface area contributed by atoms with Gasteiger partial charge in [0.15, 0.2) is 5.41 Å². The largest absolute Gasteiger partial charge is 0.459 e. The Hall–Kier alpha value is -1.25. The molecular formula is C21H32F3NO2. The van der Waals surface area contributed by atoms with Crippen molar-refractivity contribution in [3.63, 3.8) is 0 Å². The van der Waals surface area contributed by atoms with Gasteiger partial charge in [0.1, 0.15) is 5.60 Å². The molecule has 2 fully saturated rings. The number of nitriles is 1. The van der Waals surface area contributed by atoms with Crippen LogP contribution in [-0.2, 0) is 9.53 Å². The van der Waals surface area contributed by atoms with E-state index in [1.54, 1.807) is 20.8 Å². The van der Waals surface area contributed by atoms with E-state index in [9.17, 15) is 23.2 Å². The fourth-order valence-corrected chi connectivity index (χ4v) is 5.37. The van der Waals surface area contributed by atoms with Crippen LogP contribution in [0.25, 0.3) is 0 Å². The molecule has 0 aliphatic heterocycles. The Bertz CT molecular complexity index is 614. The highest BCUT2D eigenvalue weighted by molar-refractivity contribution is 5.79. The van der Waals surface area contributed by atoms with Crippen molar-refractivity contribution in [2.45, 2.75) is 85.4 Å². The second kappa shape index (κ2) is 6.97. The minimum absolute atomic E-state index is 0.107. The van der Waals surface area contributed by atoms with E-state index < -0.39 is 34.5 Å². The Balaban J connectivity index is 2.38. The highest BCUT2D eigenvalue weighted by Gasteiger charge is 2.74. The van der Waals surface area contributed by atoms with E-state index in [-0.39, 0.29) is 24.2 Å². The summed E-state index contributed by atoms with van der Waals surface area (Å²) in [5.74, 6) is -1.99. The van der Waals surface area contributed by atoms with Gasteiger partial charge in [0.2, 0.25) is 0 Å². The van der Waals surface area contributed by atoms with E-state index >= 15 is 0 Å². The van der Waals surface area contributed by atoms with Crippen molar-refractivity contribution in [2.24, 2.45) is 34.5 Å². The first-order chi connectivity index (χ1) is 12.2. The molecule has 3 nitrogen and oxygen atoms in total. The van der Waals surface area contributed by atoms with Gasteiger partial charge in [-0.1, -0.05) is 13.3 Å². The van der Waals surface area contributed by atoms with Gasteiger partial charge < -0.3 is 4.74 Å². The van der Waals surface area contributed by atoms with E-state index in [1.807, 2.05) is 20.8 Å². The lowest BCUT2D eigenvalue weighted by molar-refractivity contribution is -0.260. The molecule has 0 radical (unpaired) electrons. The summed E-state index contributed by atoms with van der Waals surface area (Å²) < 4.78 is 48.1. The van der Waals surface area contributed by atoms with Crippen molar-refractivity contribution < 1.29 is 22.7 Å². The molecule has 5 atom stereocenters. The van der Waals surface area contributed by atoms with Crippen LogP contribution in [0.3, 0.4) is 0 Å². The molecule has 0 aromatic carbocycles. The SMILES string of the molecule is CCC1C2CC(C1CCC(C)(C)C#N)C(C(=O)OC(C)(C)C)(C(F)(F)F)C2. The molecule has 154 valence electrons. The van der Waals surface area contributed by atoms with Crippen molar-refractivity contribution in [3.8, 4) is 6.07 Å². The summed E-state index contributed by atoms with van der Waals surface area (Å²) >= 11 is 0. The van der Waals surface area contributed by atoms with Crippen molar-refractivity contribution >= 4 is 5.97 Å². The highest BCUT2D eigenvalue weighted by atomic mass is 19.4. The van der Waals surface area contributed by atoms with Gasteiger partial charge in [-0.05, 0) is 84.0 Å². The number of rotatable bonds is 5. The minimum Gasteiger partial charge on any atom is -0.459 e. The van der Waals surface area contributed by atoms with Crippen molar-refractivity contribution in [1.29, 1.82) is 5.26 Å². The van der Waals surface area contributed by atoms with Gasteiger partial charge >= 0.3 is 12.1 Å². The molecule has 0 amide bonds. The molecule has 0 saturated heterocycles. The summed E-state index contributed by atoms with van der Waals surface area (Å²) in [5.41, 5.74) is -3.94. The second-order valence-electron chi connectivity index (χ2n) is 10.0. The van der Waals surface area contributed by atoms with Crippen molar-refractivity contribution in [2.75, 3.05) is 0 Å². The van der Waals surface area contributed by atoms with E-state index in [2.05, 4.69) is 6.07 Å². The fraction of sp³-hybridized carbons (Fsp3) is 0.905. The summed E-state index contributed by atoms with van der Waals surface area (Å²) in [4.78, 5) is 12.8. The van der Waals surface area contributed by atoms with Gasteiger partial charge in [0.05, 0.1) is 11.5 Å². The van der Waals surface area contributed by atoms with Crippen molar-refractivity contribution in [3.05, 3.63) is 0 Å². The minimum atomic E-state index is -4.63. The number of fused-ring (bicyclic) bond motifs is 2. The third-order valence-corrected chi connectivity index (χ3v) is 6.59. The molecule has 2 bridgehead atoms. The van der Waals surface area contributed by atoms with E-state index in [4.69, 9.17) is 4.74 Å². The molecule has 2 saturated carbocycles. The molecule has 0 aromatic heterocycles. The number of carbonyl (C=O) groups excluding carboxylic acids is 1. The van der Waals surface area contributed by atoms with Gasteiger partial charge in [0, 0.05) is 0 Å². The Labute approximate surface area is 160 Å². The summed E-state index contributed by atoms with van der Waals surface area (Å²) in [7, 11) is 0. The maximum absolute atomic E-state index is 14.3. The van der Waals surface area contributed by atoms with Gasteiger partial charge in [-0.3, -0.25) is 4.79 Å². The smallest absolute Gasteiger partial charge is 0.405 e. The average Bonchev–Trinajstić information content (AvgIpc) is 3.06. The van der Waals surface area contributed by atoms with E-state index in [1.165, 1.54) is 0 Å². The molecule has 2 aliphatic rings. The summed E-state index contributed by atoms with van der Waals surface area (Å²) in [6.07, 6.45) is -2.48. The van der Waals surface area contributed by atoms with Crippen LogP contribution in [0.5, 0.6) is 0 Å². The van der Waals surface area contributed by atoms with Gasteiger partial charge in [-0.2, -0.15) is 18.4 Å². The third kappa shape index (κ3) is 3.98. The fourth-order valence-electron chi connectivity index (χ4n) is 5.37. The molecule has 0 spiro atoms. The molecular weight excluding hydrogens is 355 g/mol. The van der Waals surface area contributed by atoms with Crippen LogP contribution >= 0.6 is 0 Å². The number of hydrogen-bond donors (Lipinski definition) is 0. The van der Waals surface area contributed by atoms with Crippen LogP contribution in [0, 0.1) is 45.8 Å². The first-order valence-corrected chi connectivity index (χ1v) is 9.90. The number of esters is 1. The van der Waals surface area contributed by atoms with Crippen LogP contribution in [0.4, 0.5) is 13.2 Å². The summed E-state index contributed by atoms with van der Waals surface area (Å²) in [6, 6.07) is 2.23. The number of alkyl halides is 3. The maximum Gasteiger partial charge on any atom is 0.405 e. The number of carbonyl (C=O) groups is 1. The molecule has 27 heavy (non-hydrogen) atoms. The Morgan fingerprint density at radius 3 is 2.22 bits per heavy atom. The summed E-state index contributed by atoms with van der Waals surface area (Å²) in [6.45, 7) is 10.4. The topological polar surface area (TPSA) is 50.1 Å². The van der Waals surface area contributed by atoms with Crippen molar-refractivity contribution in [1.82, 2.24) is 0 Å². The van der Waals surface area contributed by atoms with Gasteiger partial charge in [-0.15, -0.1) is 0 Å². The standard InChI is InChI=1S/C21H32F3NO2/c1-7-14-13-10-16(15(14)8-9-19(5,6)12-25)20(11-13,21(22,23)24)17(26)27-18(2,3)4/h13-16H,7-11H2,1-6H3. The monoisotopic (exact) mass is 387 g/mol. The first kappa shape index (κ1) is 22.0. The molecule has 2 rings (SSSR count). The van der Waals surface area contributed by atoms with Crippen LogP contribution in [-0.4, -0.2) is 17.7 Å². The van der Waals surface area contributed by atoms with E-state index in [0.29, 0.717) is 19.3 Å². The Morgan fingerprint density at radius 1 is 1.19 bits per heavy atom.